The number of piperazine rings is 1. The second-order valence-electron chi connectivity index (χ2n) is 6.20. The van der Waals surface area contributed by atoms with Gasteiger partial charge < -0.3 is 4.90 Å². The molecule has 0 spiro atoms. The Morgan fingerprint density at radius 3 is 2.39 bits per heavy atom. The molecule has 146 valence electrons. The Bertz CT molecular complexity index is 1070. The normalized spacial score (nSPS) is 15.7. The first-order valence-electron chi connectivity index (χ1n) is 8.48. The molecule has 0 aliphatic carbocycles. The molecule has 0 N–H and O–H groups in total. The van der Waals surface area contributed by atoms with E-state index >= 15 is 0 Å². The summed E-state index contributed by atoms with van der Waals surface area (Å²) in [6, 6.07) is 6.71. The van der Waals surface area contributed by atoms with Gasteiger partial charge >= 0.3 is 0 Å². The number of aromatic nitrogens is 1. The summed E-state index contributed by atoms with van der Waals surface area (Å²) in [6.07, 6.45) is 0. The summed E-state index contributed by atoms with van der Waals surface area (Å²) in [5.74, 6) is -0.684. The molecule has 1 amide bonds. The number of carbonyl (C=O) groups excluding carboxylic acids is 1. The minimum atomic E-state index is -3.70. The van der Waals surface area contributed by atoms with Gasteiger partial charge in [-0.2, -0.15) is 15.6 Å². The average molecular weight is 438 g/mol. The predicted octanol–water partition coefficient (Wildman–Crippen LogP) is 3.16. The molecular weight excluding hydrogens is 421 g/mol. The summed E-state index contributed by atoms with van der Waals surface area (Å²) in [4.78, 5) is 18.8. The van der Waals surface area contributed by atoms with Crippen LogP contribution in [0.2, 0.25) is 0 Å². The van der Waals surface area contributed by atoms with E-state index in [1.165, 1.54) is 27.8 Å². The highest BCUT2D eigenvalue weighted by molar-refractivity contribution is 7.89. The fraction of sp³-hybridized carbons (Fsp3) is 0.222. The van der Waals surface area contributed by atoms with E-state index < -0.39 is 15.8 Å². The fourth-order valence-electron chi connectivity index (χ4n) is 2.94. The van der Waals surface area contributed by atoms with Crippen LogP contribution >= 0.6 is 22.7 Å². The van der Waals surface area contributed by atoms with Crippen LogP contribution in [0, 0.1) is 5.82 Å². The van der Waals surface area contributed by atoms with Crippen molar-refractivity contribution in [1.29, 1.82) is 0 Å². The number of nitrogens with zero attached hydrogens (tertiary/aromatic N) is 3. The van der Waals surface area contributed by atoms with E-state index in [4.69, 9.17) is 0 Å². The van der Waals surface area contributed by atoms with Gasteiger partial charge in [-0.05, 0) is 35.7 Å². The minimum Gasteiger partial charge on any atom is -0.335 e. The molecule has 1 aliphatic heterocycles. The Labute approximate surface area is 169 Å². The molecule has 3 aromatic rings. The lowest BCUT2D eigenvalue weighted by Gasteiger charge is -2.33. The number of benzene rings is 1. The number of carbonyl (C=O) groups is 1. The van der Waals surface area contributed by atoms with E-state index in [1.807, 2.05) is 16.8 Å². The van der Waals surface area contributed by atoms with E-state index in [2.05, 4.69) is 4.98 Å². The average Bonchev–Trinajstić information content (AvgIpc) is 3.39. The zero-order chi connectivity index (χ0) is 19.7. The van der Waals surface area contributed by atoms with Crippen molar-refractivity contribution in [3.8, 4) is 10.6 Å². The second kappa shape index (κ2) is 7.70. The van der Waals surface area contributed by atoms with Crippen LogP contribution in [0.3, 0.4) is 0 Å². The third-order valence-corrected chi connectivity index (χ3v) is 7.96. The van der Waals surface area contributed by atoms with E-state index in [9.17, 15) is 17.6 Å². The largest absolute Gasteiger partial charge is 0.335 e. The number of amides is 1. The Balaban J connectivity index is 1.42. The topological polar surface area (TPSA) is 70.6 Å². The van der Waals surface area contributed by atoms with Crippen molar-refractivity contribution in [2.75, 3.05) is 26.2 Å². The quantitative estimate of drug-likeness (QED) is 0.629. The van der Waals surface area contributed by atoms with Crippen molar-refractivity contribution in [3.05, 3.63) is 58.0 Å². The number of rotatable bonds is 4. The fourth-order valence-corrected chi connectivity index (χ4v) is 5.87. The first kappa shape index (κ1) is 19.2. The van der Waals surface area contributed by atoms with E-state index in [1.54, 1.807) is 21.6 Å². The van der Waals surface area contributed by atoms with Gasteiger partial charge in [0.05, 0.1) is 4.90 Å². The summed E-state index contributed by atoms with van der Waals surface area (Å²) < 4.78 is 39.7. The maximum atomic E-state index is 13.1. The van der Waals surface area contributed by atoms with Crippen molar-refractivity contribution in [1.82, 2.24) is 14.2 Å². The highest BCUT2D eigenvalue weighted by Gasteiger charge is 2.31. The van der Waals surface area contributed by atoms with E-state index in [-0.39, 0.29) is 37.0 Å². The number of thiophene rings is 1. The summed E-state index contributed by atoms with van der Waals surface area (Å²) >= 11 is 2.98. The summed E-state index contributed by atoms with van der Waals surface area (Å²) in [5, 5.41) is 6.46. The van der Waals surface area contributed by atoms with Crippen LogP contribution in [0.4, 0.5) is 4.39 Å². The minimum absolute atomic E-state index is 0.0496. The zero-order valence-corrected chi connectivity index (χ0v) is 17.1. The summed E-state index contributed by atoms with van der Waals surface area (Å²) in [7, 11) is -3.70. The van der Waals surface area contributed by atoms with Gasteiger partial charge in [0, 0.05) is 42.5 Å². The Morgan fingerprint density at radius 1 is 1.04 bits per heavy atom. The highest BCUT2D eigenvalue weighted by atomic mass is 32.2. The molecule has 0 bridgehead atoms. The van der Waals surface area contributed by atoms with E-state index in [0.717, 1.165) is 22.7 Å². The molecule has 2 aromatic heterocycles. The lowest BCUT2D eigenvalue weighted by atomic mass is 10.3. The molecule has 6 nitrogen and oxygen atoms in total. The maximum Gasteiger partial charge on any atom is 0.273 e. The summed E-state index contributed by atoms with van der Waals surface area (Å²) in [5.41, 5.74) is 1.37. The van der Waals surface area contributed by atoms with Gasteiger partial charge in [0.25, 0.3) is 5.91 Å². The molecule has 10 heteroatoms. The first-order valence-corrected chi connectivity index (χ1v) is 11.7. The van der Waals surface area contributed by atoms with Gasteiger partial charge in [-0.15, -0.1) is 11.3 Å². The smallest absolute Gasteiger partial charge is 0.273 e. The molecule has 1 fully saturated rings. The Morgan fingerprint density at radius 2 is 1.75 bits per heavy atom. The molecule has 4 rings (SSSR count). The third kappa shape index (κ3) is 3.72. The van der Waals surface area contributed by atoms with Gasteiger partial charge in [0.2, 0.25) is 10.0 Å². The molecule has 1 aliphatic rings. The molecular formula is C18H16FN3O3S3. The number of hydrogen-bond donors (Lipinski definition) is 0. The van der Waals surface area contributed by atoms with Crippen LogP contribution in [0.1, 0.15) is 10.5 Å². The van der Waals surface area contributed by atoms with Crippen molar-refractivity contribution in [2.24, 2.45) is 0 Å². The van der Waals surface area contributed by atoms with Crippen LogP contribution in [-0.4, -0.2) is 54.7 Å². The van der Waals surface area contributed by atoms with Crippen LogP contribution < -0.4 is 0 Å². The van der Waals surface area contributed by atoms with Crippen molar-refractivity contribution in [3.63, 3.8) is 0 Å². The van der Waals surface area contributed by atoms with Crippen LogP contribution in [0.15, 0.2) is 51.4 Å². The molecule has 1 aromatic carbocycles. The number of hydrogen-bond acceptors (Lipinski definition) is 6. The van der Waals surface area contributed by atoms with Crippen molar-refractivity contribution < 1.29 is 17.6 Å². The molecule has 0 saturated carbocycles. The monoisotopic (exact) mass is 437 g/mol. The third-order valence-electron chi connectivity index (χ3n) is 4.47. The molecule has 0 atom stereocenters. The standard InChI is InChI=1S/C18H16FN3O3S3/c19-14-1-3-15(4-2-14)28(24,25)22-8-6-21(7-9-22)18(23)16-12-27-17(20-16)13-5-10-26-11-13/h1-5,10-12H,6-9H2. The predicted molar refractivity (Wildman–Crippen MR) is 106 cm³/mol. The summed E-state index contributed by atoms with van der Waals surface area (Å²) in [6.45, 7) is 0.940. The van der Waals surface area contributed by atoms with Gasteiger partial charge in [0.15, 0.2) is 0 Å². The Kier molecular flexibility index (Phi) is 5.28. The van der Waals surface area contributed by atoms with Gasteiger partial charge in [-0.1, -0.05) is 0 Å². The molecule has 3 heterocycles. The number of halogens is 1. The van der Waals surface area contributed by atoms with Crippen LogP contribution in [0.25, 0.3) is 10.6 Å². The SMILES string of the molecule is O=C(c1csc(-c2ccsc2)n1)N1CCN(S(=O)(=O)c2ccc(F)cc2)CC1. The molecule has 1 saturated heterocycles. The lowest BCUT2D eigenvalue weighted by Crippen LogP contribution is -2.50. The maximum absolute atomic E-state index is 13.1. The molecule has 0 unspecified atom stereocenters. The van der Waals surface area contributed by atoms with Crippen molar-refractivity contribution in [2.45, 2.75) is 4.90 Å². The number of thiazole rings is 1. The van der Waals surface area contributed by atoms with Crippen LogP contribution in [-0.2, 0) is 10.0 Å². The second-order valence-corrected chi connectivity index (χ2v) is 9.78. The van der Waals surface area contributed by atoms with E-state index in [0.29, 0.717) is 5.69 Å². The van der Waals surface area contributed by atoms with Crippen LogP contribution in [0.5, 0.6) is 0 Å². The first-order chi connectivity index (χ1) is 13.4. The van der Waals surface area contributed by atoms with Gasteiger partial charge in [-0.25, -0.2) is 17.8 Å². The zero-order valence-electron chi connectivity index (χ0n) is 14.6. The van der Waals surface area contributed by atoms with Crippen molar-refractivity contribution >= 4 is 38.6 Å². The molecule has 0 radical (unpaired) electrons. The highest BCUT2D eigenvalue weighted by Crippen LogP contribution is 2.26. The van der Waals surface area contributed by atoms with Gasteiger partial charge in [-0.3, -0.25) is 4.79 Å². The van der Waals surface area contributed by atoms with Gasteiger partial charge in [0.1, 0.15) is 16.5 Å². The lowest BCUT2D eigenvalue weighted by molar-refractivity contribution is 0.0693. The molecule has 28 heavy (non-hydrogen) atoms. The number of sulfonamides is 1. The Hall–Kier alpha value is -2.14.